The summed E-state index contributed by atoms with van der Waals surface area (Å²) >= 11 is 0. The molecule has 1 heterocycles. The number of likely N-dealkylation sites (N-methyl/N-ethyl adjacent to an activating group) is 1. The monoisotopic (exact) mass is 267 g/mol. The maximum absolute atomic E-state index is 6.15. The highest BCUT2D eigenvalue weighted by Crippen LogP contribution is 2.34. The van der Waals surface area contributed by atoms with Crippen LogP contribution in [-0.2, 0) is 6.42 Å². The number of para-hydroxylation sites is 1. The SMILES string of the molecule is CNC(c1cc(C)ccc1C)C1Cc2ccccc2O1. The third kappa shape index (κ3) is 2.32. The van der Waals surface area contributed by atoms with Gasteiger partial charge in [-0.05, 0) is 43.7 Å². The molecule has 2 nitrogen and oxygen atoms in total. The van der Waals surface area contributed by atoms with E-state index in [0.29, 0.717) is 0 Å². The molecule has 104 valence electrons. The summed E-state index contributed by atoms with van der Waals surface area (Å²) in [4.78, 5) is 0. The second-order valence-corrected chi connectivity index (χ2v) is 5.59. The van der Waals surface area contributed by atoms with Crippen molar-refractivity contribution in [2.24, 2.45) is 0 Å². The van der Waals surface area contributed by atoms with Crippen LogP contribution in [0.3, 0.4) is 0 Å². The van der Waals surface area contributed by atoms with Crippen molar-refractivity contribution in [1.29, 1.82) is 0 Å². The van der Waals surface area contributed by atoms with E-state index in [1.165, 1.54) is 22.3 Å². The van der Waals surface area contributed by atoms with Gasteiger partial charge in [-0.25, -0.2) is 0 Å². The van der Waals surface area contributed by atoms with Gasteiger partial charge in [-0.15, -0.1) is 0 Å². The van der Waals surface area contributed by atoms with Crippen LogP contribution < -0.4 is 10.1 Å². The van der Waals surface area contributed by atoms with Gasteiger partial charge in [-0.2, -0.15) is 0 Å². The molecule has 0 spiro atoms. The van der Waals surface area contributed by atoms with Crippen LogP contribution in [0.2, 0.25) is 0 Å². The number of hydrogen-bond acceptors (Lipinski definition) is 2. The third-order valence-corrected chi connectivity index (χ3v) is 4.12. The smallest absolute Gasteiger partial charge is 0.123 e. The molecule has 2 aromatic rings. The Bertz CT molecular complexity index is 596. The summed E-state index contributed by atoms with van der Waals surface area (Å²) in [7, 11) is 2.01. The molecule has 3 rings (SSSR count). The van der Waals surface area contributed by atoms with Crippen LogP contribution in [0.5, 0.6) is 5.75 Å². The summed E-state index contributed by atoms with van der Waals surface area (Å²) in [5, 5.41) is 3.44. The lowest BCUT2D eigenvalue weighted by molar-refractivity contribution is 0.183. The number of hydrogen-bond donors (Lipinski definition) is 1. The van der Waals surface area contributed by atoms with Gasteiger partial charge in [-0.1, -0.05) is 42.0 Å². The molecule has 2 aromatic carbocycles. The molecule has 0 radical (unpaired) electrons. The van der Waals surface area contributed by atoms with Crippen molar-refractivity contribution in [3.8, 4) is 5.75 Å². The molecule has 1 aliphatic rings. The van der Waals surface area contributed by atoms with Crippen LogP contribution in [0.1, 0.15) is 28.3 Å². The number of aryl methyl sites for hydroxylation is 2. The largest absolute Gasteiger partial charge is 0.488 e. The zero-order valence-electron chi connectivity index (χ0n) is 12.3. The van der Waals surface area contributed by atoms with Crippen molar-refractivity contribution in [3.63, 3.8) is 0 Å². The molecular weight excluding hydrogens is 246 g/mol. The first kappa shape index (κ1) is 13.2. The Morgan fingerprint density at radius 3 is 2.70 bits per heavy atom. The van der Waals surface area contributed by atoms with Gasteiger partial charge in [0.15, 0.2) is 0 Å². The minimum Gasteiger partial charge on any atom is -0.488 e. The van der Waals surface area contributed by atoms with Crippen molar-refractivity contribution < 1.29 is 4.74 Å². The van der Waals surface area contributed by atoms with E-state index in [4.69, 9.17) is 4.74 Å². The van der Waals surface area contributed by atoms with E-state index in [2.05, 4.69) is 55.6 Å². The number of ether oxygens (including phenoxy) is 1. The fourth-order valence-electron chi connectivity index (χ4n) is 3.03. The van der Waals surface area contributed by atoms with Crippen LogP contribution in [0.25, 0.3) is 0 Å². The summed E-state index contributed by atoms with van der Waals surface area (Å²) in [6, 6.07) is 15.2. The second-order valence-electron chi connectivity index (χ2n) is 5.59. The van der Waals surface area contributed by atoms with Gasteiger partial charge < -0.3 is 10.1 Å². The van der Waals surface area contributed by atoms with E-state index >= 15 is 0 Å². The first-order valence-corrected chi connectivity index (χ1v) is 7.18. The van der Waals surface area contributed by atoms with Crippen LogP contribution in [0.4, 0.5) is 0 Å². The summed E-state index contributed by atoms with van der Waals surface area (Å²) in [6.07, 6.45) is 1.13. The molecule has 0 saturated heterocycles. The number of nitrogens with one attached hydrogen (secondary N) is 1. The minimum atomic E-state index is 0.165. The predicted octanol–water partition coefficient (Wildman–Crippen LogP) is 3.57. The van der Waals surface area contributed by atoms with Gasteiger partial charge in [0.25, 0.3) is 0 Å². The van der Waals surface area contributed by atoms with Crippen LogP contribution in [-0.4, -0.2) is 13.2 Å². The Labute approximate surface area is 120 Å². The number of benzene rings is 2. The molecule has 0 aliphatic carbocycles. The lowest BCUT2D eigenvalue weighted by Crippen LogP contribution is -2.33. The Morgan fingerprint density at radius 1 is 1.15 bits per heavy atom. The molecule has 20 heavy (non-hydrogen) atoms. The van der Waals surface area contributed by atoms with Crippen molar-refractivity contribution in [3.05, 3.63) is 64.7 Å². The zero-order chi connectivity index (χ0) is 14.1. The van der Waals surface area contributed by atoms with Gasteiger partial charge >= 0.3 is 0 Å². The lowest BCUT2D eigenvalue weighted by Gasteiger charge is -2.25. The minimum absolute atomic E-state index is 0.165. The summed E-state index contributed by atoms with van der Waals surface area (Å²) in [5.74, 6) is 1.03. The highest BCUT2D eigenvalue weighted by Gasteiger charge is 2.31. The van der Waals surface area contributed by atoms with E-state index in [1.54, 1.807) is 0 Å². The van der Waals surface area contributed by atoms with Gasteiger partial charge in [0.05, 0.1) is 6.04 Å². The van der Waals surface area contributed by atoms with Crippen LogP contribution in [0.15, 0.2) is 42.5 Å². The lowest BCUT2D eigenvalue weighted by atomic mass is 9.93. The van der Waals surface area contributed by atoms with E-state index in [0.717, 1.165) is 12.2 Å². The average Bonchev–Trinajstić information content (AvgIpc) is 2.87. The molecule has 1 N–H and O–H groups in total. The summed E-state index contributed by atoms with van der Waals surface area (Å²) in [5.41, 5.74) is 5.25. The Balaban J connectivity index is 1.91. The van der Waals surface area contributed by atoms with Crippen molar-refractivity contribution in [2.75, 3.05) is 7.05 Å². The van der Waals surface area contributed by atoms with Gasteiger partial charge in [-0.3, -0.25) is 0 Å². The fraction of sp³-hybridized carbons (Fsp3) is 0.333. The van der Waals surface area contributed by atoms with E-state index in [-0.39, 0.29) is 12.1 Å². The number of fused-ring (bicyclic) bond motifs is 1. The van der Waals surface area contributed by atoms with E-state index < -0.39 is 0 Å². The fourth-order valence-corrected chi connectivity index (χ4v) is 3.03. The second kappa shape index (κ2) is 5.29. The van der Waals surface area contributed by atoms with Gasteiger partial charge in [0.2, 0.25) is 0 Å². The Kier molecular flexibility index (Phi) is 3.49. The molecule has 0 saturated carbocycles. The zero-order valence-corrected chi connectivity index (χ0v) is 12.3. The maximum atomic E-state index is 6.15. The maximum Gasteiger partial charge on any atom is 0.123 e. The van der Waals surface area contributed by atoms with E-state index in [9.17, 15) is 0 Å². The average molecular weight is 267 g/mol. The normalized spacial score (nSPS) is 18.4. The van der Waals surface area contributed by atoms with Crippen molar-refractivity contribution in [1.82, 2.24) is 5.32 Å². The molecule has 0 fully saturated rings. The predicted molar refractivity (Wildman–Crippen MR) is 82.3 cm³/mol. The molecular formula is C18H21NO. The highest BCUT2D eigenvalue weighted by atomic mass is 16.5. The Hall–Kier alpha value is -1.80. The molecule has 0 aromatic heterocycles. The van der Waals surface area contributed by atoms with Crippen molar-refractivity contribution >= 4 is 0 Å². The Morgan fingerprint density at radius 2 is 1.95 bits per heavy atom. The van der Waals surface area contributed by atoms with Gasteiger partial charge in [0.1, 0.15) is 11.9 Å². The molecule has 0 bridgehead atoms. The summed E-state index contributed by atoms with van der Waals surface area (Å²) < 4.78 is 6.15. The van der Waals surface area contributed by atoms with Crippen LogP contribution >= 0.6 is 0 Å². The molecule has 2 unspecified atom stereocenters. The topological polar surface area (TPSA) is 21.3 Å². The summed E-state index contributed by atoms with van der Waals surface area (Å²) in [6.45, 7) is 4.31. The number of rotatable bonds is 3. The highest BCUT2D eigenvalue weighted by molar-refractivity contribution is 5.40. The quantitative estimate of drug-likeness (QED) is 0.918. The first-order chi connectivity index (χ1) is 9.69. The first-order valence-electron chi connectivity index (χ1n) is 7.18. The third-order valence-electron chi connectivity index (χ3n) is 4.12. The van der Waals surface area contributed by atoms with Gasteiger partial charge in [0, 0.05) is 6.42 Å². The molecule has 1 aliphatic heterocycles. The molecule has 2 atom stereocenters. The van der Waals surface area contributed by atoms with E-state index in [1.807, 2.05) is 13.1 Å². The van der Waals surface area contributed by atoms with Crippen LogP contribution in [0, 0.1) is 13.8 Å². The van der Waals surface area contributed by atoms with Crippen molar-refractivity contribution in [2.45, 2.75) is 32.4 Å². The standard InChI is InChI=1S/C18H21NO/c1-12-8-9-13(2)15(10-12)18(19-3)17-11-14-6-4-5-7-16(14)20-17/h4-10,17-19H,11H2,1-3H3. The molecule has 0 amide bonds. The molecule has 2 heteroatoms.